The standard InChI is InChI=1S/C25H22ClF3N6O4Si/c26-17-8-18-20(32-19(17)13-3-1-4-14(7-13)25(27,28)29)35(15-5-2-6-34(18)11-15)23(37)33-22-30-9-16(10-31-22)39-12-24(38)21(36)40-24/h1,3-4,7-10,15,21,36,38H,2,5-6,11-12H2,(H,30,31,33,37)/t15-,21?,24+/m0/s1. The van der Waals surface area contributed by atoms with Gasteiger partial charge >= 0.3 is 12.2 Å². The van der Waals surface area contributed by atoms with Gasteiger partial charge in [0.05, 0.1) is 46.1 Å². The van der Waals surface area contributed by atoms with E-state index in [2.05, 4.69) is 25.2 Å². The second-order valence-electron chi connectivity index (χ2n) is 9.78. The highest BCUT2D eigenvalue weighted by molar-refractivity contribution is 6.55. The van der Waals surface area contributed by atoms with Gasteiger partial charge in [-0.05, 0) is 31.0 Å². The minimum atomic E-state index is -4.54. The number of aliphatic hydroxyl groups excluding tert-OH is 1. The zero-order valence-corrected chi connectivity index (χ0v) is 22.4. The average Bonchev–Trinajstić information content (AvgIpc) is 3.54. The van der Waals surface area contributed by atoms with E-state index in [1.54, 1.807) is 6.07 Å². The van der Waals surface area contributed by atoms with Crippen molar-refractivity contribution in [1.82, 2.24) is 15.0 Å². The number of piperidine rings is 1. The maximum Gasteiger partial charge on any atom is 0.416 e. The molecule has 1 aromatic carbocycles. The van der Waals surface area contributed by atoms with Gasteiger partial charge in [0, 0.05) is 18.7 Å². The van der Waals surface area contributed by atoms with Crippen LogP contribution in [-0.2, 0) is 6.18 Å². The third-order valence-corrected chi connectivity index (χ3v) is 8.66. The van der Waals surface area contributed by atoms with Gasteiger partial charge in [-0.1, -0.05) is 23.7 Å². The van der Waals surface area contributed by atoms with Crippen molar-refractivity contribution >= 4 is 44.6 Å². The molecule has 0 spiro atoms. The van der Waals surface area contributed by atoms with Gasteiger partial charge < -0.3 is 19.8 Å². The number of aromatic nitrogens is 3. The number of fused-ring (bicyclic) bond motifs is 4. The first-order valence-corrected chi connectivity index (χ1v) is 13.8. The number of aliphatic hydroxyl groups is 2. The number of benzene rings is 1. The summed E-state index contributed by atoms with van der Waals surface area (Å²) in [6, 6.07) is 5.58. The lowest BCUT2D eigenvalue weighted by molar-refractivity contribution is -0.137. The van der Waals surface area contributed by atoms with Crippen molar-refractivity contribution in [3.05, 3.63) is 53.3 Å². The fraction of sp³-hybridized carbons (Fsp3) is 0.360. The van der Waals surface area contributed by atoms with Crippen molar-refractivity contribution < 1.29 is 32.9 Å². The largest absolute Gasteiger partial charge is 0.488 e. The molecule has 1 unspecified atom stereocenters. The van der Waals surface area contributed by atoms with Crippen LogP contribution in [0.4, 0.5) is 35.4 Å². The van der Waals surface area contributed by atoms with Crippen molar-refractivity contribution in [3.63, 3.8) is 0 Å². The van der Waals surface area contributed by atoms with E-state index in [1.165, 1.54) is 29.4 Å². The molecular weight excluding hydrogens is 569 g/mol. The Bertz CT molecular complexity index is 1470. The number of halogens is 4. The SMILES string of the molecule is O=C(Nc1ncc(OC[C@@]2(O)[Si]C2O)cn1)N1c2nc(-c3cccc(C(F)(F)F)c3)c(Cl)cc2N2CCC[C@H]1C2. The summed E-state index contributed by atoms with van der Waals surface area (Å²) in [5, 5.41) is 21.0. The number of hydrogen-bond acceptors (Lipinski definition) is 8. The molecule has 2 bridgehead atoms. The van der Waals surface area contributed by atoms with Gasteiger partial charge in [-0.15, -0.1) is 0 Å². The quantitative estimate of drug-likeness (QED) is 0.387. The van der Waals surface area contributed by atoms with Crippen molar-refractivity contribution in [1.29, 1.82) is 0 Å². The zero-order chi connectivity index (χ0) is 28.2. The molecule has 208 valence electrons. The fourth-order valence-corrected chi connectivity index (χ4v) is 5.75. The molecular formula is C25H22ClF3N6O4Si. The molecule has 2 saturated heterocycles. The summed E-state index contributed by atoms with van der Waals surface area (Å²) in [5.41, 5.74) is -0.712. The number of carbonyl (C=O) groups excluding carboxylic acids is 1. The minimum absolute atomic E-state index is 0.00347. The van der Waals surface area contributed by atoms with Crippen LogP contribution in [0.25, 0.3) is 11.3 Å². The number of alkyl halides is 3. The Morgan fingerprint density at radius 1 is 1.27 bits per heavy atom. The Morgan fingerprint density at radius 2 is 2.02 bits per heavy atom. The summed E-state index contributed by atoms with van der Waals surface area (Å²) in [7, 11) is -0.0147. The molecule has 10 nitrogen and oxygen atoms in total. The van der Waals surface area contributed by atoms with Crippen LogP contribution in [-0.4, -0.2) is 77.4 Å². The van der Waals surface area contributed by atoms with Crippen molar-refractivity contribution in [2.24, 2.45) is 0 Å². The fourth-order valence-electron chi connectivity index (χ4n) is 4.86. The molecule has 2 aromatic heterocycles. The van der Waals surface area contributed by atoms with Gasteiger partial charge in [0.15, 0.2) is 11.6 Å². The van der Waals surface area contributed by atoms with Crippen LogP contribution in [0.1, 0.15) is 18.4 Å². The summed E-state index contributed by atoms with van der Waals surface area (Å²) in [6.07, 6.45) is -0.341. The third-order valence-electron chi connectivity index (χ3n) is 7.01. The van der Waals surface area contributed by atoms with Crippen molar-refractivity contribution in [2.45, 2.75) is 36.0 Å². The van der Waals surface area contributed by atoms with E-state index < -0.39 is 28.7 Å². The van der Waals surface area contributed by atoms with Crippen LogP contribution < -0.4 is 19.9 Å². The van der Waals surface area contributed by atoms with E-state index in [4.69, 9.17) is 16.3 Å². The molecule has 15 heteroatoms. The molecule has 3 atom stereocenters. The van der Waals surface area contributed by atoms with E-state index in [-0.39, 0.29) is 56.0 Å². The lowest BCUT2D eigenvalue weighted by atomic mass is 9.99. The monoisotopic (exact) mass is 590 g/mol. The molecule has 3 aromatic rings. The average molecular weight is 591 g/mol. The van der Waals surface area contributed by atoms with Crippen molar-refractivity contribution in [3.8, 4) is 17.0 Å². The van der Waals surface area contributed by atoms with Crippen LogP contribution in [0.3, 0.4) is 0 Å². The van der Waals surface area contributed by atoms with E-state index in [9.17, 15) is 28.2 Å². The number of anilines is 3. The number of nitrogens with one attached hydrogen (secondary N) is 1. The van der Waals surface area contributed by atoms with E-state index in [1.807, 2.05) is 0 Å². The molecule has 3 aliphatic heterocycles. The Balaban J connectivity index is 1.28. The van der Waals surface area contributed by atoms with Gasteiger partial charge in [-0.3, -0.25) is 10.2 Å². The second kappa shape index (κ2) is 9.87. The smallest absolute Gasteiger partial charge is 0.416 e. The topological polar surface area (TPSA) is 124 Å². The molecule has 3 N–H and O–H groups in total. The number of urea groups is 1. The minimum Gasteiger partial charge on any atom is -0.488 e. The molecule has 2 radical (unpaired) electrons. The van der Waals surface area contributed by atoms with Gasteiger partial charge in [0.2, 0.25) is 5.95 Å². The van der Waals surface area contributed by atoms with Gasteiger partial charge in [0.25, 0.3) is 0 Å². The maximum atomic E-state index is 13.5. The number of pyridine rings is 1. The third kappa shape index (κ3) is 5.07. The number of nitrogens with zero attached hydrogens (tertiary/aromatic N) is 5. The molecule has 6 rings (SSSR count). The van der Waals surface area contributed by atoms with E-state index in [0.717, 1.165) is 25.1 Å². The number of ether oxygens (including phenoxy) is 1. The Labute approximate surface area is 233 Å². The first-order chi connectivity index (χ1) is 19.0. The second-order valence-corrected chi connectivity index (χ2v) is 11.9. The highest BCUT2D eigenvalue weighted by Gasteiger charge is 2.54. The summed E-state index contributed by atoms with van der Waals surface area (Å²) in [4.78, 5) is 29.9. The maximum absolute atomic E-state index is 13.5. The lowest BCUT2D eigenvalue weighted by Crippen LogP contribution is -2.56. The summed E-state index contributed by atoms with van der Waals surface area (Å²) in [5.74, 6) is 0.530. The predicted molar refractivity (Wildman–Crippen MR) is 141 cm³/mol. The van der Waals surface area contributed by atoms with Crippen LogP contribution in [0.5, 0.6) is 5.75 Å². The first-order valence-electron chi connectivity index (χ1n) is 12.4. The molecule has 0 aliphatic carbocycles. The molecule has 2 fully saturated rings. The van der Waals surface area contributed by atoms with Crippen LogP contribution >= 0.6 is 11.6 Å². The predicted octanol–water partition coefficient (Wildman–Crippen LogP) is 3.34. The van der Waals surface area contributed by atoms with Crippen LogP contribution in [0.15, 0.2) is 42.7 Å². The molecule has 0 saturated carbocycles. The normalized spacial score (nSPS) is 23.4. The molecule has 3 aliphatic rings. The number of amides is 2. The van der Waals surface area contributed by atoms with Crippen molar-refractivity contribution in [2.75, 3.05) is 34.8 Å². The highest BCUT2D eigenvalue weighted by Crippen LogP contribution is 2.43. The Morgan fingerprint density at radius 3 is 2.73 bits per heavy atom. The van der Waals surface area contributed by atoms with Crippen LogP contribution in [0, 0.1) is 0 Å². The Kier molecular flexibility index (Phi) is 6.60. The Hall–Kier alpha value is -3.46. The molecule has 5 heterocycles. The summed E-state index contributed by atoms with van der Waals surface area (Å²) >= 11 is 6.53. The number of hydrogen-bond donors (Lipinski definition) is 3. The summed E-state index contributed by atoms with van der Waals surface area (Å²) in [6.45, 7) is 1.17. The van der Waals surface area contributed by atoms with Gasteiger partial charge in [-0.25, -0.2) is 19.7 Å². The van der Waals surface area contributed by atoms with Gasteiger partial charge in [0.1, 0.15) is 21.4 Å². The summed E-state index contributed by atoms with van der Waals surface area (Å²) < 4.78 is 45.5. The lowest BCUT2D eigenvalue weighted by Gasteiger charge is -2.45. The number of carbonyl (C=O) groups is 1. The van der Waals surface area contributed by atoms with Gasteiger partial charge in [-0.2, -0.15) is 13.2 Å². The number of rotatable bonds is 5. The van der Waals surface area contributed by atoms with E-state index in [0.29, 0.717) is 18.7 Å². The first kappa shape index (κ1) is 26.7. The zero-order valence-electron chi connectivity index (χ0n) is 20.7. The highest BCUT2D eigenvalue weighted by atomic mass is 35.5. The van der Waals surface area contributed by atoms with Crippen LogP contribution in [0.2, 0.25) is 5.02 Å². The molecule has 2 amide bonds. The van der Waals surface area contributed by atoms with E-state index >= 15 is 0 Å². The molecule has 40 heavy (non-hydrogen) atoms.